The molecule has 0 radical (unpaired) electrons. The van der Waals surface area contributed by atoms with E-state index in [2.05, 4.69) is 310 Å². The van der Waals surface area contributed by atoms with Crippen LogP contribution in [0.1, 0.15) is 105 Å². The molecule has 0 saturated heterocycles. The molecule has 0 unspecified atom stereocenters. The fourth-order valence-corrected chi connectivity index (χ4v) is 19.5. The third-order valence-electron chi connectivity index (χ3n) is 18.3. The monoisotopic (exact) mass is 1110 g/mol. The van der Waals surface area contributed by atoms with Crippen LogP contribution < -0.4 is 40.2 Å². The Morgan fingerprint density at radius 2 is 0.940 bits per heavy atom. The lowest BCUT2D eigenvalue weighted by molar-refractivity contribution is 0.484. The molecular formula is C77H75N5OSi. The van der Waals surface area contributed by atoms with E-state index in [0.29, 0.717) is 6.67 Å². The molecule has 84 heavy (non-hydrogen) atoms. The second-order valence-electron chi connectivity index (χ2n) is 27.8. The molecule has 5 heterocycles. The number of anilines is 6. The van der Waals surface area contributed by atoms with Crippen molar-refractivity contribution in [2.45, 2.75) is 105 Å². The van der Waals surface area contributed by atoms with Gasteiger partial charge in [0.25, 0.3) is 0 Å². The van der Waals surface area contributed by atoms with Gasteiger partial charge in [0.05, 0.1) is 28.1 Å². The van der Waals surface area contributed by atoms with Gasteiger partial charge in [-0.15, -0.1) is 0 Å². The van der Waals surface area contributed by atoms with Crippen molar-refractivity contribution in [1.29, 1.82) is 0 Å². The van der Waals surface area contributed by atoms with Crippen LogP contribution in [-0.4, -0.2) is 31.3 Å². The Kier molecular flexibility index (Phi) is 12.0. The van der Waals surface area contributed by atoms with E-state index in [1.807, 2.05) is 6.20 Å². The van der Waals surface area contributed by atoms with E-state index in [9.17, 15) is 0 Å². The van der Waals surface area contributed by atoms with Gasteiger partial charge in [-0.3, -0.25) is 4.57 Å². The van der Waals surface area contributed by atoms with Gasteiger partial charge in [0.15, 0.2) is 8.07 Å². The lowest BCUT2D eigenvalue weighted by atomic mass is 9.77. The highest BCUT2D eigenvalue weighted by Gasteiger charge is 2.54. The Morgan fingerprint density at radius 3 is 1.57 bits per heavy atom. The molecule has 3 aliphatic rings. The van der Waals surface area contributed by atoms with Crippen LogP contribution >= 0.6 is 0 Å². The fourth-order valence-electron chi connectivity index (χ4n) is 13.8. The Labute approximate surface area is 497 Å². The number of para-hydroxylation sites is 4. The summed E-state index contributed by atoms with van der Waals surface area (Å²) in [5.41, 5.74) is 19.1. The normalized spacial score (nSPS) is 14.5. The molecule has 0 bridgehead atoms. The summed E-state index contributed by atoms with van der Waals surface area (Å²) in [6.07, 6.45) is 1.98. The summed E-state index contributed by atoms with van der Waals surface area (Å²) in [6, 6.07) is 75.4. The van der Waals surface area contributed by atoms with Gasteiger partial charge in [-0.25, -0.2) is 4.98 Å². The van der Waals surface area contributed by atoms with Crippen LogP contribution in [-0.2, 0) is 21.7 Å². The summed E-state index contributed by atoms with van der Waals surface area (Å²) < 4.78 is 9.82. The van der Waals surface area contributed by atoms with Crippen LogP contribution in [0, 0.1) is 0 Å². The van der Waals surface area contributed by atoms with E-state index >= 15 is 0 Å². The summed E-state index contributed by atoms with van der Waals surface area (Å²) >= 11 is 0. The molecule has 2 aromatic heterocycles. The number of hydrogen-bond donors (Lipinski definition) is 0. The van der Waals surface area contributed by atoms with Crippen molar-refractivity contribution in [1.82, 2.24) is 9.55 Å². The largest absolute Gasteiger partial charge is 0.457 e. The molecule has 418 valence electrons. The van der Waals surface area contributed by atoms with Crippen molar-refractivity contribution in [2.24, 2.45) is 0 Å². The molecule has 0 fully saturated rings. The number of fused-ring (bicyclic) bond motifs is 7. The molecule has 14 rings (SSSR count). The molecule has 7 heteroatoms. The van der Waals surface area contributed by atoms with Gasteiger partial charge >= 0.3 is 0 Å². The second-order valence-corrected chi connectivity index (χ2v) is 31.5. The minimum Gasteiger partial charge on any atom is -0.457 e. The highest BCUT2D eigenvalue weighted by atomic mass is 28.3. The van der Waals surface area contributed by atoms with Gasteiger partial charge < -0.3 is 19.4 Å². The highest BCUT2D eigenvalue weighted by molar-refractivity contribution is 7.24. The second kappa shape index (κ2) is 18.9. The molecule has 0 saturated carbocycles. The van der Waals surface area contributed by atoms with Crippen LogP contribution in [0.15, 0.2) is 206 Å². The third-order valence-corrected chi connectivity index (χ3v) is 23.2. The van der Waals surface area contributed by atoms with Crippen molar-refractivity contribution in [3.05, 3.63) is 229 Å². The topological polar surface area (TPSA) is 36.8 Å². The molecular weight excluding hydrogens is 1040 g/mol. The molecule has 0 atom stereocenters. The summed E-state index contributed by atoms with van der Waals surface area (Å²) in [6.45, 7) is 28.5. The summed E-state index contributed by atoms with van der Waals surface area (Å²) in [5, 5.41) is 8.18. The SMILES string of the molecule is CN1c2ccccc2[Si]2(c3ccccc31)c1cccc3c1c1c2cc(Oc2cccc(N4CN(c5c(-c6ccccc6)cc(C(C)(C)C)cc5-c5cc(C(C)(C)C)cc(C(C)(C)C)c5)c5ccccc54)c2)cc1n3-c1cc(C(C)(C)C)ccn1. The first-order valence-electron chi connectivity index (χ1n) is 29.9. The molecule has 6 nitrogen and oxygen atoms in total. The summed E-state index contributed by atoms with van der Waals surface area (Å²) in [5.74, 6) is 2.49. The Morgan fingerprint density at radius 1 is 0.405 bits per heavy atom. The van der Waals surface area contributed by atoms with Gasteiger partial charge in [-0.05, 0) is 149 Å². The average Bonchev–Trinajstić information content (AvgIpc) is 1.50. The first-order chi connectivity index (χ1) is 40.1. The van der Waals surface area contributed by atoms with E-state index in [1.54, 1.807) is 0 Å². The maximum absolute atomic E-state index is 7.42. The predicted molar refractivity (Wildman–Crippen MR) is 358 cm³/mol. The minimum atomic E-state index is -2.95. The van der Waals surface area contributed by atoms with Crippen molar-refractivity contribution in [3.63, 3.8) is 0 Å². The van der Waals surface area contributed by atoms with Gasteiger partial charge in [0, 0.05) is 64.3 Å². The molecule has 3 aliphatic heterocycles. The number of rotatable bonds is 7. The highest BCUT2D eigenvalue weighted by Crippen LogP contribution is 2.53. The zero-order chi connectivity index (χ0) is 58.4. The Bertz CT molecular complexity index is 4390. The van der Waals surface area contributed by atoms with Crippen LogP contribution in [0.25, 0.3) is 49.9 Å². The van der Waals surface area contributed by atoms with Crippen LogP contribution in [0.3, 0.4) is 0 Å². The number of pyridine rings is 1. The quantitative estimate of drug-likeness (QED) is 0.149. The number of hydrogen-bond acceptors (Lipinski definition) is 5. The number of aromatic nitrogens is 2. The van der Waals surface area contributed by atoms with Gasteiger partial charge in [0.2, 0.25) is 0 Å². The van der Waals surface area contributed by atoms with Gasteiger partial charge in [-0.2, -0.15) is 0 Å². The van der Waals surface area contributed by atoms with Crippen LogP contribution in [0.2, 0.25) is 0 Å². The van der Waals surface area contributed by atoms with Crippen molar-refractivity contribution in [2.75, 3.05) is 28.4 Å². The van der Waals surface area contributed by atoms with E-state index in [-0.39, 0.29) is 21.7 Å². The molecule has 9 aromatic carbocycles. The maximum atomic E-state index is 7.42. The van der Waals surface area contributed by atoms with Crippen molar-refractivity contribution >= 4 is 84.8 Å². The number of ether oxygens (including phenoxy) is 1. The van der Waals surface area contributed by atoms with Crippen molar-refractivity contribution in [3.8, 4) is 39.6 Å². The molecule has 1 spiro atoms. The maximum Gasteiger partial charge on any atom is 0.185 e. The smallest absolute Gasteiger partial charge is 0.185 e. The zero-order valence-electron chi connectivity index (χ0n) is 51.0. The van der Waals surface area contributed by atoms with Crippen LogP contribution in [0.5, 0.6) is 11.5 Å². The first-order valence-corrected chi connectivity index (χ1v) is 31.9. The average molecular weight is 1110 g/mol. The van der Waals surface area contributed by atoms with E-state index in [4.69, 9.17) is 9.72 Å². The van der Waals surface area contributed by atoms with E-state index in [1.165, 1.54) is 98.6 Å². The van der Waals surface area contributed by atoms with Crippen molar-refractivity contribution < 1.29 is 4.74 Å². The van der Waals surface area contributed by atoms with E-state index < -0.39 is 8.07 Å². The molecule has 11 aromatic rings. The Hall–Kier alpha value is -8.65. The standard InChI is InChI=1S/C77H75N5OSi/c1-74(2,3)51-37-38-78-70(44-51)82-64-33-24-36-68-71(64)72-65(82)46-57(47-69(72)84(68)66-34-21-19-31-62(66)79(13)63-32-20-22-35-67(63)84)83-56-28-23-27-55(45-56)80-48-81(61-30-18-17-29-60(61)80)73-58(49-25-15-14-16-26-49)42-54(77(10,11)12)43-59(73)50-39-52(75(4,5)6)41-53(40-50)76(7,8)9/h14-47H,48H2,1-13H3. The van der Waals surface area contributed by atoms with Gasteiger partial charge in [-0.1, -0.05) is 198 Å². The van der Waals surface area contributed by atoms with Crippen LogP contribution in [0.4, 0.5) is 34.1 Å². The summed E-state index contributed by atoms with van der Waals surface area (Å²) in [4.78, 5) is 12.6. The van der Waals surface area contributed by atoms with Gasteiger partial charge in [0.1, 0.15) is 24.0 Å². The Balaban J connectivity index is 0.940. The molecule has 0 amide bonds. The third kappa shape index (κ3) is 8.36. The summed E-state index contributed by atoms with van der Waals surface area (Å²) in [7, 11) is -0.723. The number of nitrogens with zero attached hydrogens (tertiary/aromatic N) is 5. The minimum absolute atomic E-state index is 0.0578. The lowest BCUT2D eigenvalue weighted by Gasteiger charge is -2.42. The first kappa shape index (κ1) is 53.4. The fraction of sp³-hybridized carbons (Fsp3) is 0.234. The predicted octanol–water partition coefficient (Wildman–Crippen LogP) is 17.5. The molecule has 0 N–H and O–H groups in total. The van der Waals surface area contributed by atoms with E-state index in [0.717, 1.165) is 39.9 Å². The zero-order valence-corrected chi connectivity index (χ0v) is 52.0. The number of benzene rings is 9. The lowest BCUT2D eigenvalue weighted by Crippen LogP contribution is -2.75. The molecule has 0 aliphatic carbocycles.